The van der Waals surface area contributed by atoms with E-state index in [0.717, 1.165) is 24.8 Å². The molecule has 0 heterocycles. The van der Waals surface area contributed by atoms with E-state index in [-0.39, 0.29) is 23.5 Å². The van der Waals surface area contributed by atoms with Crippen molar-refractivity contribution in [3.63, 3.8) is 0 Å². The average Bonchev–Trinajstić information content (AvgIpc) is 2.49. The molecule has 3 heteroatoms. The minimum atomic E-state index is -0.282. The van der Waals surface area contributed by atoms with Gasteiger partial charge in [-0.25, -0.2) is 0 Å². The molecule has 2 atom stereocenters. The van der Waals surface area contributed by atoms with Gasteiger partial charge in [0.2, 0.25) is 0 Å². The van der Waals surface area contributed by atoms with E-state index in [1.807, 2.05) is 20.8 Å². The topological polar surface area (TPSA) is 35.5 Å². The van der Waals surface area contributed by atoms with Gasteiger partial charge in [0.15, 0.2) is 0 Å². The Morgan fingerprint density at radius 2 is 1.78 bits per heavy atom. The Labute approximate surface area is 142 Å². The molecule has 0 bridgehead atoms. The van der Waals surface area contributed by atoms with E-state index in [2.05, 4.69) is 20.1 Å². The number of ketones is 1. The van der Waals surface area contributed by atoms with E-state index in [4.69, 9.17) is 9.47 Å². The molecule has 0 fully saturated rings. The number of rotatable bonds is 12. The predicted octanol–water partition coefficient (Wildman–Crippen LogP) is 5.29. The van der Waals surface area contributed by atoms with Crippen LogP contribution >= 0.6 is 0 Å². The van der Waals surface area contributed by atoms with Crippen LogP contribution in [0.2, 0.25) is 0 Å². The van der Waals surface area contributed by atoms with Gasteiger partial charge in [0, 0.05) is 12.5 Å². The maximum absolute atomic E-state index is 12.9. The number of allylic oxidation sites excluding steroid dienone is 3. The highest BCUT2D eigenvalue weighted by molar-refractivity contribution is 5.84. The summed E-state index contributed by atoms with van der Waals surface area (Å²) >= 11 is 0. The predicted molar refractivity (Wildman–Crippen MR) is 97.0 cm³/mol. The molecule has 0 spiro atoms. The summed E-state index contributed by atoms with van der Waals surface area (Å²) in [5, 5.41) is 0. The summed E-state index contributed by atoms with van der Waals surface area (Å²) in [6, 6.07) is 0. The number of hydrogen-bond donors (Lipinski definition) is 0. The first-order valence-electron chi connectivity index (χ1n) is 8.44. The second-order valence-electron chi connectivity index (χ2n) is 6.50. The maximum Gasteiger partial charge on any atom is 0.144 e. The van der Waals surface area contributed by atoms with Gasteiger partial charge in [-0.15, -0.1) is 0 Å². The Balaban J connectivity index is 5.27. The fourth-order valence-electron chi connectivity index (χ4n) is 2.70. The molecular formula is C20H34O3. The lowest BCUT2D eigenvalue weighted by atomic mass is 9.82. The van der Waals surface area contributed by atoms with Crippen LogP contribution in [0.15, 0.2) is 36.3 Å². The summed E-state index contributed by atoms with van der Waals surface area (Å²) in [6.07, 6.45) is 5.48. The van der Waals surface area contributed by atoms with Crippen LogP contribution in [0.4, 0.5) is 0 Å². The van der Waals surface area contributed by atoms with Crippen LogP contribution in [0.25, 0.3) is 0 Å². The van der Waals surface area contributed by atoms with Crippen LogP contribution in [0.1, 0.15) is 53.4 Å². The van der Waals surface area contributed by atoms with Crippen molar-refractivity contribution in [3.05, 3.63) is 36.3 Å². The SMILES string of the molecule is C=C(/C=C(\OC)C(C(=O)CC(CCCC)C(=C)C)C(C)C)OC. The Morgan fingerprint density at radius 1 is 1.17 bits per heavy atom. The first-order chi connectivity index (χ1) is 10.8. The minimum Gasteiger partial charge on any atom is -0.500 e. The van der Waals surface area contributed by atoms with Gasteiger partial charge in [0.05, 0.1) is 20.1 Å². The highest BCUT2D eigenvalue weighted by Gasteiger charge is 2.29. The summed E-state index contributed by atoms with van der Waals surface area (Å²) in [6.45, 7) is 16.1. The molecule has 2 unspecified atom stereocenters. The second-order valence-corrected chi connectivity index (χ2v) is 6.50. The largest absolute Gasteiger partial charge is 0.500 e. The lowest BCUT2D eigenvalue weighted by molar-refractivity contribution is -0.124. The molecule has 0 aliphatic carbocycles. The van der Waals surface area contributed by atoms with E-state index in [1.54, 1.807) is 20.3 Å². The van der Waals surface area contributed by atoms with Crippen LogP contribution < -0.4 is 0 Å². The second kappa shape index (κ2) is 11.1. The van der Waals surface area contributed by atoms with Crippen LogP contribution in [0.5, 0.6) is 0 Å². The van der Waals surface area contributed by atoms with Gasteiger partial charge in [0.25, 0.3) is 0 Å². The number of hydrogen-bond acceptors (Lipinski definition) is 3. The van der Waals surface area contributed by atoms with Crippen molar-refractivity contribution in [2.75, 3.05) is 14.2 Å². The number of unbranched alkanes of at least 4 members (excludes halogenated alkanes) is 1. The molecule has 0 saturated carbocycles. The van der Waals surface area contributed by atoms with E-state index < -0.39 is 0 Å². The third-order valence-corrected chi connectivity index (χ3v) is 4.17. The van der Waals surface area contributed by atoms with Gasteiger partial charge in [-0.1, -0.05) is 52.3 Å². The van der Waals surface area contributed by atoms with Crippen molar-refractivity contribution < 1.29 is 14.3 Å². The Kier molecular flexibility index (Phi) is 10.4. The highest BCUT2D eigenvalue weighted by atomic mass is 16.5. The molecule has 23 heavy (non-hydrogen) atoms. The smallest absolute Gasteiger partial charge is 0.144 e. The first-order valence-corrected chi connectivity index (χ1v) is 8.44. The summed E-state index contributed by atoms with van der Waals surface area (Å²) in [5.41, 5.74) is 1.08. The standard InChI is InChI=1S/C20H34O3/c1-9-10-11-17(14(2)3)13-18(21)20(15(4)5)19(23-8)12-16(6)22-7/h12,15,17,20H,2,6,9-11,13H2,1,3-5,7-8H3/b19-12-. The number of Topliss-reactive ketones (excluding diaryl/α,β-unsaturated/α-hetero) is 1. The first kappa shape index (κ1) is 21.5. The molecule has 0 N–H and O–H groups in total. The highest BCUT2D eigenvalue weighted by Crippen LogP contribution is 2.29. The molecular weight excluding hydrogens is 288 g/mol. The normalized spacial score (nSPS) is 14.3. The van der Waals surface area contributed by atoms with E-state index >= 15 is 0 Å². The molecule has 0 amide bonds. The molecule has 0 aromatic carbocycles. The van der Waals surface area contributed by atoms with Crippen molar-refractivity contribution >= 4 is 5.78 Å². The fourth-order valence-corrected chi connectivity index (χ4v) is 2.70. The van der Waals surface area contributed by atoms with Gasteiger partial charge in [-0.3, -0.25) is 4.79 Å². The molecule has 0 saturated heterocycles. The number of ether oxygens (including phenoxy) is 2. The summed E-state index contributed by atoms with van der Waals surface area (Å²) in [4.78, 5) is 12.9. The Hall–Kier alpha value is -1.51. The third-order valence-electron chi connectivity index (χ3n) is 4.17. The van der Waals surface area contributed by atoms with Crippen LogP contribution in [-0.4, -0.2) is 20.0 Å². The number of carbonyl (C=O) groups is 1. The van der Waals surface area contributed by atoms with E-state index in [0.29, 0.717) is 17.9 Å². The van der Waals surface area contributed by atoms with Crippen molar-refractivity contribution in [1.29, 1.82) is 0 Å². The monoisotopic (exact) mass is 322 g/mol. The van der Waals surface area contributed by atoms with Crippen LogP contribution in [0.3, 0.4) is 0 Å². The molecule has 0 aromatic rings. The summed E-state index contributed by atoms with van der Waals surface area (Å²) in [5.74, 6) is 1.41. The summed E-state index contributed by atoms with van der Waals surface area (Å²) in [7, 11) is 3.14. The van der Waals surface area contributed by atoms with Crippen molar-refractivity contribution in [3.8, 4) is 0 Å². The zero-order valence-electron chi connectivity index (χ0n) is 15.8. The van der Waals surface area contributed by atoms with Gasteiger partial charge in [0.1, 0.15) is 17.3 Å². The molecule has 0 radical (unpaired) electrons. The average molecular weight is 322 g/mol. The quantitative estimate of drug-likeness (QED) is 0.278. The number of methoxy groups -OCH3 is 2. The molecule has 0 rings (SSSR count). The van der Waals surface area contributed by atoms with Gasteiger partial charge in [-0.2, -0.15) is 0 Å². The molecule has 0 aliphatic heterocycles. The molecule has 132 valence electrons. The minimum absolute atomic E-state index is 0.148. The van der Waals surface area contributed by atoms with Crippen LogP contribution in [-0.2, 0) is 14.3 Å². The van der Waals surface area contributed by atoms with Crippen molar-refractivity contribution in [2.24, 2.45) is 17.8 Å². The van der Waals surface area contributed by atoms with Crippen molar-refractivity contribution in [2.45, 2.75) is 53.4 Å². The lowest BCUT2D eigenvalue weighted by Gasteiger charge is -2.25. The molecule has 0 aliphatic rings. The zero-order chi connectivity index (χ0) is 18.0. The van der Waals surface area contributed by atoms with Gasteiger partial charge < -0.3 is 9.47 Å². The third kappa shape index (κ3) is 7.54. The molecule has 0 aromatic heterocycles. The molecule has 3 nitrogen and oxygen atoms in total. The van der Waals surface area contributed by atoms with Crippen molar-refractivity contribution in [1.82, 2.24) is 0 Å². The van der Waals surface area contributed by atoms with E-state index in [1.165, 1.54) is 0 Å². The van der Waals surface area contributed by atoms with Gasteiger partial charge >= 0.3 is 0 Å². The lowest BCUT2D eigenvalue weighted by Crippen LogP contribution is -2.26. The number of carbonyl (C=O) groups excluding carboxylic acids is 1. The zero-order valence-corrected chi connectivity index (χ0v) is 15.8. The van der Waals surface area contributed by atoms with Gasteiger partial charge in [-0.05, 0) is 25.2 Å². The Bertz CT molecular complexity index is 432. The fraction of sp³-hybridized carbons (Fsp3) is 0.650. The van der Waals surface area contributed by atoms with E-state index in [9.17, 15) is 4.79 Å². The Morgan fingerprint density at radius 3 is 2.17 bits per heavy atom. The maximum atomic E-state index is 12.9. The summed E-state index contributed by atoms with van der Waals surface area (Å²) < 4.78 is 10.6. The van der Waals surface area contributed by atoms with Crippen LogP contribution in [0, 0.1) is 17.8 Å².